The number of esters is 2. The molecule has 0 fully saturated rings. The quantitative estimate of drug-likeness (QED) is 0.0297. The second kappa shape index (κ2) is 40.9. The number of unbranched alkanes of at least 4 members (excludes halogenated alkanes) is 36. The minimum absolute atomic E-state index is 0.0695. The standard InChI is InChI=1S/C57H105NO7S/c1-7-9-11-13-15-17-19-21-23-25-27-29-31-33-35-37-39-41-43-45-53(59)63-51-48-47-50(55(65-66(6,61)62)56(58)57(3,4)5)49-52(51)64-54(60)46-44-42-40-38-36-34-32-30-28-26-24-22-20-18-16-14-12-10-8-2/h47-49,55-56H,7-46,58H2,1-6H3. The van der Waals surface area contributed by atoms with E-state index in [1.807, 2.05) is 20.8 Å². The van der Waals surface area contributed by atoms with E-state index in [4.69, 9.17) is 19.4 Å². The van der Waals surface area contributed by atoms with Gasteiger partial charge in [-0.3, -0.25) is 13.8 Å². The van der Waals surface area contributed by atoms with E-state index < -0.39 is 33.6 Å². The van der Waals surface area contributed by atoms with E-state index >= 15 is 0 Å². The van der Waals surface area contributed by atoms with Crippen LogP contribution in [0.2, 0.25) is 0 Å². The van der Waals surface area contributed by atoms with Gasteiger partial charge in [0.2, 0.25) is 0 Å². The van der Waals surface area contributed by atoms with E-state index in [1.54, 1.807) is 12.1 Å². The van der Waals surface area contributed by atoms with Gasteiger partial charge in [0.15, 0.2) is 11.5 Å². The van der Waals surface area contributed by atoms with Crippen LogP contribution in [0.15, 0.2) is 18.2 Å². The molecule has 66 heavy (non-hydrogen) atoms. The maximum absolute atomic E-state index is 13.2. The molecule has 0 saturated heterocycles. The van der Waals surface area contributed by atoms with E-state index in [1.165, 1.54) is 212 Å². The van der Waals surface area contributed by atoms with Crippen molar-refractivity contribution in [2.45, 2.75) is 304 Å². The minimum atomic E-state index is -3.88. The van der Waals surface area contributed by atoms with Gasteiger partial charge in [0.1, 0.15) is 6.10 Å². The Morgan fingerprint density at radius 2 is 0.742 bits per heavy atom. The van der Waals surface area contributed by atoms with Crippen LogP contribution in [-0.4, -0.2) is 32.7 Å². The summed E-state index contributed by atoms with van der Waals surface area (Å²) in [6, 6.07) is 4.02. The van der Waals surface area contributed by atoms with Crippen molar-refractivity contribution in [3.8, 4) is 11.5 Å². The zero-order valence-corrected chi connectivity index (χ0v) is 44.8. The maximum atomic E-state index is 13.2. The lowest BCUT2D eigenvalue weighted by Gasteiger charge is -2.33. The highest BCUT2D eigenvalue weighted by molar-refractivity contribution is 7.86. The predicted molar refractivity (Wildman–Crippen MR) is 280 cm³/mol. The van der Waals surface area contributed by atoms with Gasteiger partial charge in [-0.05, 0) is 36.0 Å². The third kappa shape index (κ3) is 36.1. The van der Waals surface area contributed by atoms with Crippen molar-refractivity contribution < 1.29 is 31.7 Å². The molecule has 2 atom stereocenters. The molecule has 0 amide bonds. The minimum Gasteiger partial charge on any atom is -0.423 e. The molecular weight excluding hydrogens is 843 g/mol. The molecule has 0 radical (unpaired) electrons. The highest BCUT2D eigenvalue weighted by Crippen LogP contribution is 2.38. The lowest BCUT2D eigenvalue weighted by atomic mass is 9.82. The monoisotopic (exact) mass is 948 g/mol. The number of rotatable bonds is 46. The van der Waals surface area contributed by atoms with Crippen LogP contribution in [0.5, 0.6) is 11.5 Å². The van der Waals surface area contributed by atoms with Gasteiger partial charge in [-0.15, -0.1) is 0 Å². The fourth-order valence-corrected chi connectivity index (χ4v) is 9.48. The molecule has 0 bridgehead atoms. The van der Waals surface area contributed by atoms with Gasteiger partial charge in [0, 0.05) is 18.9 Å². The summed E-state index contributed by atoms with van der Waals surface area (Å²) in [7, 11) is -3.88. The van der Waals surface area contributed by atoms with Gasteiger partial charge >= 0.3 is 11.9 Å². The first-order valence-corrected chi connectivity index (χ1v) is 29.8. The molecule has 1 aromatic rings. The third-order valence-corrected chi connectivity index (χ3v) is 13.9. The molecule has 2 N–H and O–H groups in total. The third-order valence-electron chi connectivity index (χ3n) is 13.3. The number of carbonyl (C=O) groups excluding carboxylic acids is 2. The van der Waals surface area contributed by atoms with Crippen LogP contribution in [0.3, 0.4) is 0 Å². The van der Waals surface area contributed by atoms with Gasteiger partial charge < -0.3 is 15.2 Å². The van der Waals surface area contributed by atoms with E-state index in [2.05, 4.69) is 13.8 Å². The van der Waals surface area contributed by atoms with Crippen molar-refractivity contribution in [3.05, 3.63) is 23.8 Å². The summed E-state index contributed by atoms with van der Waals surface area (Å²) in [4.78, 5) is 26.2. The van der Waals surface area contributed by atoms with Crippen molar-refractivity contribution in [1.82, 2.24) is 0 Å². The van der Waals surface area contributed by atoms with Crippen LogP contribution in [0.1, 0.15) is 303 Å². The van der Waals surface area contributed by atoms with Crippen LogP contribution >= 0.6 is 0 Å². The van der Waals surface area contributed by atoms with Gasteiger partial charge in [-0.25, -0.2) is 0 Å². The molecule has 9 heteroatoms. The van der Waals surface area contributed by atoms with Gasteiger partial charge in [-0.1, -0.05) is 272 Å². The first-order chi connectivity index (χ1) is 31.8. The van der Waals surface area contributed by atoms with Gasteiger partial charge in [0.25, 0.3) is 10.1 Å². The summed E-state index contributed by atoms with van der Waals surface area (Å²) in [6.45, 7) is 10.3. The van der Waals surface area contributed by atoms with Crippen molar-refractivity contribution in [3.63, 3.8) is 0 Å². The number of benzene rings is 1. The number of carbonyl (C=O) groups is 2. The summed E-state index contributed by atoms with van der Waals surface area (Å²) >= 11 is 0. The van der Waals surface area contributed by atoms with E-state index in [9.17, 15) is 18.0 Å². The van der Waals surface area contributed by atoms with E-state index in [0.29, 0.717) is 12.0 Å². The van der Waals surface area contributed by atoms with Crippen LogP contribution < -0.4 is 15.2 Å². The van der Waals surface area contributed by atoms with Crippen molar-refractivity contribution in [1.29, 1.82) is 0 Å². The molecule has 386 valence electrons. The summed E-state index contributed by atoms with van der Waals surface area (Å²) < 4.78 is 41.8. The molecule has 1 aromatic carbocycles. The Hall–Kier alpha value is -1.97. The average Bonchev–Trinajstić information content (AvgIpc) is 3.26. The smallest absolute Gasteiger partial charge is 0.311 e. The summed E-state index contributed by atoms with van der Waals surface area (Å²) in [5.74, 6) is -0.609. The van der Waals surface area contributed by atoms with Crippen LogP contribution in [0.25, 0.3) is 0 Å². The molecule has 0 saturated carbocycles. The number of hydrogen-bond acceptors (Lipinski definition) is 8. The topological polar surface area (TPSA) is 122 Å². The Bertz CT molecular complexity index is 1420. The van der Waals surface area contributed by atoms with Crippen molar-refractivity contribution >= 4 is 22.1 Å². The molecule has 0 aliphatic rings. The number of ether oxygens (including phenoxy) is 2. The van der Waals surface area contributed by atoms with E-state index in [0.717, 1.165) is 38.4 Å². The Balaban J connectivity index is 2.48. The largest absolute Gasteiger partial charge is 0.423 e. The lowest BCUT2D eigenvalue weighted by Crippen LogP contribution is -2.42. The molecular formula is C57H105NO7S. The molecule has 2 unspecified atom stereocenters. The Labute approximate surface area is 408 Å². The highest BCUT2D eigenvalue weighted by atomic mass is 32.2. The first-order valence-electron chi connectivity index (χ1n) is 28.0. The SMILES string of the molecule is CCCCCCCCCCCCCCCCCCCCCC(=O)Oc1ccc(C(OS(C)(=O)=O)C(N)C(C)(C)C)cc1OC(=O)CCCCCCCCCCCCCCCCCCCCC. The number of hydrogen-bond donors (Lipinski definition) is 1. The number of nitrogens with two attached hydrogens (primary N) is 1. The van der Waals surface area contributed by atoms with Crippen LogP contribution in [-0.2, 0) is 23.9 Å². The molecule has 0 aromatic heterocycles. The maximum Gasteiger partial charge on any atom is 0.311 e. The molecule has 0 aliphatic carbocycles. The zero-order valence-electron chi connectivity index (χ0n) is 44.0. The fraction of sp³-hybridized carbons (Fsp3) is 0.860. The predicted octanol–water partition coefficient (Wildman–Crippen LogP) is 17.5. The second-order valence-corrected chi connectivity index (χ2v) is 22.6. The molecule has 0 aliphatic heterocycles. The first kappa shape index (κ1) is 62.0. The Morgan fingerprint density at radius 3 is 1.02 bits per heavy atom. The highest BCUT2D eigenvalue weighted by Gasteiger charge is 2.34. The summed E-state index contributed by atoms with van der Waals surface area (Å²) in [6.07, 6.45) is 49.3. The average molecular weight is 949 g/mol. The fourth-order valence-electron chi connectivity index (χ4n) is 8.87. The Morgan fingerprint density at radius 1 is 0.470 bits per heavy atom. The summed E-state index contributed by atoms with van der Waals surface area (Å²) in [5, 5.41) is 0. The van der Waals surface area contributed by atoms with Crippen LogP contribution in [0, 0.1) is 5.41 Å². The molecule has 0 spiro atoms. The van der Waals surface area contributed by atoms with E-state index in [-0.39, 0.29) is 30.3 Å². The molecule has 1 rings (SSSR count). The molecule has 8 nitrogen and oxygen atoms in total. The van der Waals surface area contributed by atoms with Gasteiger partial charge in [-0.2, -0.15) is 8.42 Å². The lowest BCUT2D eigenvalue weighted by molar-refractivity contribution is -0.137. The van der Waals surface area contributed by atoms with Crippen LogP contribution in [0.4, 0.5) is 0 Å². The Kier molecular flexibility index (Phi) is 38.4. The normalized spacial score (nSPS) is 13.0. The second-order valence-electron chi connectivity index (χ2n) is 21.0. The summed E-state index contributed by atoms with van der Waals surface area (Å²) in [5.41, 5.74) is 6.49. The van der Waals surface area contributed by atoms with Gasteiger partial charge in [0.05, 0.1) is 6.26 Å². The zero-order chi connectivity index (χ0) is 48.6. The molecule has 0 heterocycles. The van der Waals surface area contributed by atoms with Crippen molar-refractivity contribution in [2.24, 2.45) is 11.1 Å². The van der Waals surface area contributed by atoms with Crippen molar-refractivity contribution in [2.75, 3.05) is 6.26 Å².